The summed E-state index contributed by atoms with van der Waals surface area (Å²) in [5, 5.41) is 4.36. The maximum Gasteiger partial charge on any atom is 0.220 e. The molecule has 0 saturated carbocycles. The first-order chi connectivity index (χ1) is 20.5. The van der Waals surface area contributed by atoms with Crippen LogP contribution in [-0.2, 0) is 20.8 Å². The molecule has 2 unspecified atom stereocenters. The number of carbonyl (C=O) groups excluding carboxylic acids is 3. The molecule has 2 aromatic rings. The molecule has 0 bridgehead atoms. The second-order valence-corrected chi connectivity index (χ2v) is 10.7. The molecule has 1 aromatic heterocycles. The van der Waals surface area contributed by atoms with Crippen LogP contribution in [0.1, 0.15) is 96.6 Å². The molecule has 42 heavy (non-hydrogen) atoms. The highest BCUT2D eigenvalue weighted by molar-refractivity contribution is 7.18. The summed E-state index contributed by atoms with van der Waals surface area (Å²) in [5.74, 6) is 1.12. The highest BCUT2D eigenvalue weighted by atomic mass is 32.1. The number of thiazole rings is 1. The van der Waals surface area contributed by atoms with E-state index in [1.165, 1.54) is 56.7 Å². The summed E-state index contributed by atoms with van der Waals surface area (Å²) in [6, 6.07) is 6.73. The van der Waals surface area contributed by atoms with Crippen LogP contribution in [0.5, 0.6) is 0 Å². The predicted molar refractivity (Wildman–Crippen MR) is 183 cm³/mol. The van der Waals surface area contributed by atoms with Crippen molar-refractivity contribution in [1.82, 2.24) is 15.2 Å². The Balaban J connectivity index is -0.00000137. The van der Waals surface area contributed by atoms with E-state index in [9.17, 15) is 4.79 Å². The van der Waals surface area contributed by atoms with Gasteiger partial charge in [0.15, 0.2) is 0 Å². The number of likely N-dealkylation sites (tertiary alicyclic amines) is 1. The Labute approximate surface area is 260 Å². The van der Waals surface area contributed by atoms with Crippen molar-refractivity contribution in [2.45, 2.75) is 98.4 Å². The lowest BCUT2D eigenvalue weighted by atomic mass is 9.96. The summed E-state index contributed by atoms with van der Waals surface area (Å²) in [5.41, 5.74) is 11.4. The number of nitrogens with two attached hydrogens (primary N) is 2. The molecule has 1 aliphatic heterocycles. The molecule has 242 valence electrons. The average Bonchev–Trinajstić information content (AvgIpc) is 3.48. The topological polar surface area (TPSA) is 131 Å². The molecule has 8 nitrogen and oxygen atoms in total. The zero-order valence-corrected chi connectivity index (χ0v) is 28.6. The highest BCUT2D eigenvalue weighted by Gasteiger charge is 2.18. The van der Waals surface area contributed by atoms with Gasteiger partial charge in [0.1, 0.15) is 13.6 Å². The van der Waals surface area contributed by atoms with Crippen molar-refractivity contribution >= 4 is 41.0 Å². The van der Waals surface area contributed by atoms with E-state index in [0.29, 0.717) is 24.7 Å². The van der Waals surface area contributed by atoms with E-state index in [-0.39, 0.29) is 11.9 Å². The first kappa shape index (κ1) is 44.0. The molecule has 1 aliphatic rings. The Morgan fingerprint density at radius 3 is 2.17 bits per heavy atom. The number of benzene rings is 1. The summed E-state index contributed by atoms with van der Waals surface area (Å²) in [4.78, 5) is 36.0. The Kier molecular flexibility index (Phi) is 31.4. The zero-order chi connectivity index (χ0) is 32.9. The van der Waals surface area contributed by atoms with E-state index < -0.39 is 0 Å². The highest BCUT2D eigenvalue weighted by Crippen LogP contribution is 2.27. The quantitative estimate of drug-likeness (QED) is 0.262. The molecule has 0 spiro atoms. The third-order valence-electron chi connectivity index (χ3n) is 6.74. The van der Waals surface area contributed by atoms with Gasteiger partial charge in [-0.1, -0.05) is 72.6 Å². The molecule has 1 amide bonds. The second kappa shape index (κ2) is 30.0. The maximum absolute atomic E-state index is 12.7. The van der Waals surface area contributed by atoms with Gasteiger partial charge in [-0.3, -0.25) is 9.69 Å². The van der Waals surface area contributed by atoms with Crippen LogP contribution in [0.15, 0.2) is 30.4 Å². The van der Waals surface area contributed by atoms with E-state index in [1.54, 1.807) is 11.3 Å². The summed E-state index contributed by atoms with van der Waals surface area (Å²) < 4.78 is 1.22. The van der Waals surface area contributed by atoms with Gasteiger partial charge < -0.3 is 26.4 Å². The van der Waals surface area contributed by atoms with Crippen LogP contribution < -0.4 is 16.8 Å². The van der Waals surface area contributed by atoms with Gasteiger partial charge in [-0.15, -0.1) is 11.3 Å². The number of nitrogens with one attached hydrogen (secondary N) is 1. The van der Waals surface area contributed by atoms with Crippen molar-refractivity contribution < 1.29 is 14.4 Å². The molecular formula is C33H61N5O3S. The largest absolute Gasteiger partial charge is 0.353 e. The SMILES string of the molecule is C=O.C=O.CC.CCC(C)C(C/C=C/CN1CCCCC1)NC(=O)CCc1nc2ccc(C(C)C)cc2s1.CN.CN. The standard InChI is InChI=1S/C27H41N3OS.C2H6.2CH5N.2CH2O/c1-5-21(4)23(11-7-10-18-30-16-8-6-9-17-30)28-26(31)14-15-27-29-24-13-12-22(20(2)3)19-25(24)32-27;5*1-2/h7,10,12-13,19-21,23H,5-6,8-9,11,14-18H2,1-4H3,(H,28,31);1-2H3;2*2H2,1H3;2*1H2/b10-7+;;;;;. The second-order valence-electron chi connectivity index (χ2n) is 9.62. The monoisotopic (exact) mass is 607 g/mol. The molecule has 5 N–H and O–H groups in total. The average molecular weight is 608 g/mol. The molecule has 0 radical (unpaired) electrons. The molecule has 1 aromatic carbocycles. The maximum atomic E-state index is 12.7. The first-order valence-electron chi connectivity index (χ1n) is 15.3. The van der Waals surface area contributed by atoms with Crippen LogP contribution in [0, 0.1) is 5.92 Å². The summed E-state index contributed by atoms with van der Waals surface area (Å²) in [7, 11) is 3.00. The lowest BCUT2D eigenvalue weighted by molar-refractivity contribution is -0.122. The Morgan fingerprint density at radius 2 is 1.62 bits per heavy atom. The van der Waals surface area contributed by atoms with Gasteiger partial charge in [0.05, 0.1) is 15.2 Å². The fourth-order valence-electron chi connectivity index (χ4n) is 4.28. The van der Waals surface area contributed by atoms with Gasteiger partial charge in [0.25, 0.3) is 0 Å². The molecule has 2 heterocycles. The minimum Gasteiger partial charge on any atom is -0.353 e. The Morgan fingerprint density at radius 1 is 1.02 bits per heavy atom. The predicted octanol–water partition coefficient (Wildman–Crippen LogP) is 6.12. The van der Waals surface area contributed by atoms with Gasteiger partial charge in [-0.25, -0.2) is 4.98 Å². The number of fused-ring (bicyclic) bond motifs is 1. The lowest BCUT2D eigenvalue weighted by Crippen LogP contribution is -2.39. The molecule has 9 heteroatoms. The number of nitrogens with zero attached hydrogens (tertiary/aromatic N) is 2. The fourth-order valence-corrected chi connectivity index (χ4v) is 5.30. The van der Waals surface area contributed by atoms with E-state index in [4.69, 9.17) is 14.6 Å². The fraction of sp³-hybridized carbons (Fsp3) is 0.636. The number of aryl methyl sites for hydroxylation is 1. The van der Waals surface area contributed by atoms with Crippen molar-refractivity contribution in [2.24, 2.45) is 17.4 Å². The number of hydrogen-bond acceptors (Lipinski definition) is 8. The summed E-state index contributed by atoms with van der Waals surface area (Å²) in [6.45, 7) is 20.4. The van der Waals surface area contributed by atoms with Crippen LogP contribution in [0.2, 0.25) is 0 Å². The zero-order valence-electron chi connectivity index (χ0n) is 27.8. The van der Waals surface area contributed by atoms with E-state index in [2.05, 4.69) is 79.7 Å². The van der Waals surface area contributed by atoms with E-state index in [0.717, 1.165) is 29.9 Å². The molecule has 3 rings (SSSR count). The number of piperidine rings is 1. The molecule has 1 fully saturated rings. The van der Waals surface area contributed by atoms with Gasteiger partial charge in [-0.05, 0) is 76.0 Å². The van der Waals surface area contributed by atoms with Crippen LogP contribution >= 0.6 is 11.3 Å². The van der Waals surface area contributed by atoms with Gasteiger partial charge in [0, 0.05) is 25.4 Å². The summed E-state index contributed by atoms with van der Waals surface area (Å²) in [6.07, 6.45) is 11.8. The first-order valence-corrected chi connectivity index (χ1v) is 16.1. The minimum atomic E-state index is 0.141. The third-order valence-corrected chi connectivity index (χ3v) is 7.81. The normalized spacial score (nSPS) is 13.8. The molecule has 0 aliphatic carbocycles. The molecular weight excluding hydrogens is 546 g/mol. The van der Waals surface area contributed by atoms with Crippen molar-refractivity contribution in [3.8, 4) is 0 Å². The number of rotatable bonds is 11. The third kappa shape index (κ3) is 18.2. The van der Waals surface area contributed by atoms with Gasteiger partial charge in [0.2, 0.25) is 5.91 Å². The van der Waals surface area contributed by atoms with E-state index in [1.807, 2.05) is 27.4 Å². The van der Waals surface area contributed by atoms with Crippen LogP contribution in [0.25, 0.3) is 10.2 Å². The molecule has 2 atom stereocenters. The van der Waals surface area contributed by atoms with Crippen molar-refractivity contribution in [3.05, 3.63) is 40.9 Å². The van der Waals surface area contributed by atoms with E-state index >= 15 is 0 Å². The lowest BCUT2D eigenvalue weighted by Gasteiger charge is -2.25. The number of hydrogen-bond donors (Lipinski definition) is 3. The van der Waals surface area contributed by atoms with Gasteiger partial charge in [-0.2, -0.15) is 0 Å². The van der Waals surface area contributed by atoms with Crippen LogP contribution in [-0.4, -0.2) is 69.1 Å². The van der Waals surface area contributed by atoms with Crippen molar-refractivity contribution in [2.75, 3.05) is 33.7 Å². The van der Waals surface area contributed by atoms with Gasteiger partial charge >= 0.3 is 0 Å². The Hall–Kier alpha value is -2.46. The van der Waals surface area contributed by atoms with Crippen molar-refractivity contribution in [3.63, 3.8) is 0 Å². The number of carbonyl (C=O) groups is 3. The minimum absolute atomic E-state index is 0.141. The summed E-state index contributed by atoms with van der Waals surface area (Å²) >= 11 is 1.72. The number of aromatic nitrogens is 1. The smallest absolute Gasteiger partial charge is 0.220 e. The Bertz CT molecular complexity index is 928. The van der Waals surface area contributed by atoms with Crippen molar-refractivity contribution in [1.29, 1.82) is 0 Å². The van der Waals surface area contributed by atoms with Crippen LogP contribution in [0.3, 0.4) is 0 Å². The number of amides is 1. The molecule has 1 saturated heterocycles. The van der Waals surface area contributed by atoms with Crippen LogP contribution in [0.4, 0.5) is 0 Å².